The summed E-state index contributed by atoms with van der Waals surface area (Å²) < 4.78 is 1.83. The highest BCUT2D eigenvalue weighted by atomic mass is 32.1. The van der Waals surface area contributed by atoms with Crippen LogP contribution in [0.1, 0.15) is 16.1 Å². The number of aromatic nitrogens is 1. The van der Waals surface area contributed by atoms with Gasteiger partial charge in [-0.2, -0.15) is 0 Å². The summed E-state index contributed by atoms with van der Waals surface area (Å²) in [5.41, 5.74) is 8.84. The smallest absolute Gasteiger partial charge is 0.307 e. The molecule has 1 heterocycles. The molecule has 0 spiro atoms. The lowest BCUT2D eigenvalue weighted by Gasteiger charge is -2.07. The highest BCUT2D eigenvalue weighted by Crippen LogP contribution is 2.14. The van der Waals surface area contributed by atoms with Crippen molar-refractivity contribution >= 4 is 17.0 Å². The van der Waals surface area contributed by atoms with E-state index in [1.165, 1.54) is 11.3 Å². The molecular formula is C13H16N2OS. The lowest BCUT2D eigenvalue weighted by Crippen LogP contribution is -2.16. The highest BCUT2D eigenvalue weighted by molar-refractivity contribution is 7.09. The average molecular weight is 248 g/mol. The van der Waals surface area contributed by atoms with E-state index in [-0.39, 0.29) is 4.87 Å². The van der Waals surface area contributed by atoms with E-state index in [1.807, 2.05) is 42.7 Å². The molecule has 2 aromatic rings. The largest absolute Gasteiger partial charge is 0.399 e. The van der Waals surface area contributed by atoms with E-state index < -0.39 is 0 Å². The Balaban J connectivity index is 2.18. The van der Waals surface area contributed by atoms with Gasteiger partial charge in [0.25, 0.3) is 0 Å². The predicted octanol–water partition coefficient (Wildman–Crippen LogP) is 2.35. The molecule has 17 heavy (non-hydrogen) atoms. The molecule has 0 aliphatic heterocycles. The molecular weight excluding hydrogens is 232 g/mol. The maximum Gasteiger partial charge on any atom is 0.307 e. The van der Waals surface area contributed by atoms with Gasteiger partial charge >= 0.3 is 4.87 Å². The van der Waals surface area contributed by atoms with E-state index >= 15 is 0 Å². The van der Waals surface area contributed by atoms with Crippen LogP contribution in [0.4, 0.5) is 5.69 Å². The SMILES string of the molecule is Cc1sc(=O)n(CCc2ccccc2N)c1C. The minimum Gasteiger partial charge on any atom is -0.399 e. The third-order valence-corrected chi connectivity index (χ3v) is 4.03. The summed E-state index contributed by atoms with van der Waals surface area (Å²) in [5, 5.41) is 0. The summed E-state index contributed by atoms with van der Waals surface area (Å²) in [4.78, 5) is 12.9. The number of rotatable bonds is 3. The molecule has 2 rings (SSSR count). The van der Waals surface area contributed by atoms with Crippen LogP contribution in [0.5, 0.6) is 0 Å². The van der Waals surface area contributed by atoms with Gasteiger partial charge in [0.2, 0.25) is 0 Å². The summed E-state index contributed by atoms with van der Waals surface area (Å²) in [6.07, 6.45) is 0.795. The molecule has 1 aromatic heterocycles. The van der Waals surface area contributed by atoms with Crippen LogP contribution < -0.4 is 10.6 Å². The minimum absolute atomic E-state index is 0.120. The predicted molar refractivity (Wildman–Crippen MR) is 72.6 cm³/mol. The Morgan fingerprint density at radius 1 is 1.29 bits per heavy atom. The van der Waals surface area contributed by atoms with Gasteiger partial charge < -0.3 is 10.3 Å². The molecule has 4 heteroatoms. The first-order valence-electron chi connectivity index (χ1n) is 5.60. The number of nitrogens with two attached hydrogens (primary N) is 1. The molecule has 3 nitrogen and oxygen atoms in total. The van der Waals surface area contributed by atoms with E-state index in [2.05, 4.69) is 0 Å². The van der Waals surface area contributed by atoms with Crippen molar-refractivity contribution in [3.05, 3.63) is 50.1 Å². The second-order valence-corrected chi connectivity index (χ2v) is 5.28. The van der Waals surface area contributed by atoms with Gasteiger partial charge in [-0.05, 0) is 31.9 Å². The van der Waals surface area contributed by atoms with Crippen molar-refractivity contribution in [3.8, 4) is 0 Å². The first kappa shape index (κ1) is 11.9. The molecule has 0 atom stereocenters. The molecule has 0 unspecified atom stereocenters. The van der Waals surface area contributed by atoms with Crippen molar-refractivity contribution < 1.29 is 0 Å². The number of hydrogen-bond donors (Lipinski definition) is 1. The lowest BCUT2D eigenvalue weighted by atomic mass is 10.1. The first-order chi connectivity index (χ1) is 8.09. The second-order valence-electron chi connectivity index (χ2n) is 4.11. The third kappa shape index (κ3) is 2.42. The normalized spacial score (nSPS) is 10.7. The van der Waals surface area contributed by atoms with Gasteiger partial charge in [0.15, 0.2) is 0 Å². The fourth-order valence-electron chi connectivity index (χ4n) is 1.84. The quantitative estimate of drug-likeness (QED) is 0.848. The van der Waals surface area contributed by atoms with Gasteiger partial charge in [-0.25, -0.2) is 0 Å². The van der Waals surface area contributed by atoms with E-state index in [0.29, 0.717) is 6.54 Å². The van der Waals surface area contributed by atoms with Crippen LogP contribution in [-0.4, -0.2) is 4.57 Å². The Morgan fingerprint density at radius 3 is 2.59 bits per heavy atom. The standard InChI is InChI=1S/C13H16N2OS/c1-9-10(2)17-13(16)15(9)8-7-11-5-3-4-6-12(11)14/h3-6H,7-8,14H2,1-2H3. The lowest BCUT2D eigenvalue weighted by molar-refractivity contribution is 0.665. The molecule has 0 bridgehead atoms. The average Bonchev–Trinajstić information content (AvgIpc) is 2.53. The zero-order valence-electron chi connectivity index (χ0n) is 10.1. The van der Waals surface area contributed by atoms with Crippen molar-refractivity contribution in [3.63, 3.8) is 0 Å². The maximum atomic E-state index is 11.7. The van der Waals surface area contributed by atoms with Crippen LogP contribution in [0, 0.1) is 13.8 Å². The molecule has 0 fully saturated rings. The van der Waals surface area contributed by atoms with Crippen LogP contribution in [0.3, 0.4) is 0 Å². The van der Waals surface area contributed by atoms with Crippen LogP contribution in [-0.2, 0) is 13.0 Å². The van der Waals surface area contributed by atoms with E-state index in [9.17, 15) is 4.79 Å². The Kier molecular flexibility index (Phi) is 3.33. The number of benzene rings is 1. The summed E-state index contributed by atoms with van der Waals surface area (Å²) in [6, 6.07) is 7.80. The summed E-state index contributed by atoms with van der Waals surface area (Å²) in [7, 11) is 0. The molecule has 2 N–H and O–H groups in total. The van der Waals surface area contributed by atoms with Gasteiger partial charge in [0.05, 0.1) is 0 Å². The Labute approximate surface area is 105 Å². The van der Waals surface area contributed by atoms with Crippen LogP contribution in [0.15, 0.2) is 29.1 Å². The van der Waals surface area contributed by atoms with Gasteiger partial charge in [0, 0.05) is 22.8 Å². The molecule has 0 saturated carbocycles. The zero-order chi connectivity index (χ0) is 12.4. The number of nitrogens with zero attached hydrogens (tertiary/aromatic N) is 1. The van der Waals surface area contributed by atoms with E-state index in [1.54, 1.807) is 0 Å². The Morgan fingerprint density at radius 2 is 2.00 bits per heavy atom. The summed E-state index contributed by atoms with van der Waals surface area (Å²) in [5.74, 6) is 0. The fraction of sp³-hybridized carbons (Fsp3) is 0.308. The topological polar surface area (TPSA) is 48.0 Å². The van der Waals surface area contributed by atoms with E-state index in [4.69, 9.17) is 5.73 Å². The van der Waals surface area contributed by atoms with Gasteiger partial charge in [0.1, 0.15) is 0 Å². The molecule has 0 aliphatic rings. The van der Waals surface area contributed by atoms with Crippen molar-refractivity contribution in [2.45, 2.75) is 26.8 Å². The van der Waals surface area contributed by atoms with Crippen LogP contribution in [0.25, 0.3) is 0 Å². The highest BCUT2D eigenvalue weighted by Gasteiger charge is 2.07. The van der Waals surface area contributed by atoms with Crippen molar-refractivity contribution in [2.75, 3.05) is 5.73 Å². The number of nitrogen functional groups attached to an aromatic ring is 1. The van der Waals surface area contributed by atoms with Gasteiger partial charge in [-0.15, -0.1) is 0 Å². The van der Waals surface area contributed by atoms with Crippen LogP contribution in [0.2, 0.25) is 0 Å². The second kappa shape index (κ2) is 4.75. The maximum absolute atomic E-state index is 11.7. The van der Waals surface area contributed by atoms with Crippen molar-refractivity contribution in [2.24, 2.45) is 0 Å². The third-order valence-electron chi connectivity index (χ3n) is 3.04. The Bertz CT molecular complexity index is 583. The molecule has 1 aromatic carbocycles. The zero-order valence-corrected chi connectivity index (χ0v) is 10.9. The molecule has 0 saturated heterocycles. The molecule has 90 valence electrons. The van der Waals surface area contributed by atoms with Gasteiger partial charge in [-0.1, -0.05) is 29.5 Å². The number of anilines is 1. The molecule has 0 radical (unpaired) electrons. The minimum atomic E-state index is 0.120. The molecule has 0 aliphatic carbocycles. The number of aryl methyl sites for hydroxylation is 2. The van der Waals surface area contributed by atoms with E-state index in [0.717, 1.165) is 28.2 Å². The summed E-state index contributed by atoms with van der Waals surface area (Å²) in [6.45, 7) is 4.67. The van der Waals surface area contributed by atoms with Crippen LogP contribution >= 0.6 is 11.3 Å². The van der Waals surface area contributed by atoms with Gasteiger partial charge in [-0.3, -0.25) is 4.79 Å². The molecule has 0 amide bonds. The monoisotopic (exact) mass is 248 g/mol. The van der Waals surface area contributed by atoms with Crippen molar-refractivity contribution in [1.29, 1.82) is 0 Å². The van der Waals surface area contributed by atoms with Crippen molar-refractivity contribution in [1.82, 2.24) is 4.57 Å². The Hall–Kier alpha value is -1.55. The number of hydrogen-bond acceptors (Lipinski definition) is 3. The summed E-state index contributed by atoms with van der Waals surface area (Å²) >= 11 is 1.31. The number of thiazole rings is 1. The fourth-order valence-corrected chi connectivity index (χ4v) is 2.70. The number of para-hydroxylation sites is 1. The first-order valence-corrected chi connectivity index (χ1v) is 6.41.